The molecule has 3 N–H and O–H groups in total. The van der Waals surface area contributed by atoms with Crippen LogP contribution in [0.1, 0.15) is 129 Å². The Balaban J connectivity index is 1.23. The molecule has 490 valence electrons. The Morgan fingerprint density at radius 3 is 1.48 bits per heavy atom. The number of carbonyl (C=O) groups is 12. The maximum absolute atomic E-state index is 15.0. The van der Waals surface area contributed by atoms with Crippen LogP contribution in [0.3, 0.4) is 0 Å². The molecule has 6 aliphatic rings. The summed E-state index contributed by atoms with van der Waals surface area (Å²) >= 11 is 0. The van der Waals surface area contributed by atoms with E-state index in [0.717, 1.165) is 0 Å². The minimum atomic E-state index is -1.49. The fourth-order valence-corrected chi connectivity index (χ4v) is 12.8. The van der Waals surface area contributed by atoms with E-state index >= 15 is 4.79 Å². The predicted molar refractivity (Wildman–Crippen MR) is 330 cm³/mol. The van der Waals surface area contributed by atoms with Crippen molar-refractivity contribution in [1.29, 1.82) is 0 Å². The summed E-state index contributed by atoms with van der Waals surface area (Å²) in [6.45, 7) is 19.4. The third-order valence-corrected chi connectivity index (χ3v) is 18.1. The maximum atomic E-state index is 15.0. The highest BCUT2D eigenvalue weighted by atomic mass is 16.6. The van der Waals surface area contributed by atoms with E-state index < -0.39 is 180 Å². The Kier molecular flexibility index (Phi) is 21.8. The predicted octanol–water partition coefficient (Wildman–Crippen LogP) is 3.69. The number of likely N-dealkylation sites (N-methyl/N-ethyl adjacent to an activating group) is 4. The Hall–Kier alpha value is -8.25. The highest BCUT2D eigenvalue weighted by molar-refractivity contribution is 6.10. The number of ketones is 1. The summed E-state index contributed by atoms with van der Waals surface area (Å²) < 4.78 is 18.4. The standard InChI is InChI=1S/C65H89N9O16/c1-31(2)51-62(84)73-23-17-19-45(73)60(82)69(13)29-49(77)71(15)53(33(5)6)64(86)88-37(11)41(58(80)67-51)27-47(75)40-22-21-35(9)56-43(40)25-39-26-44(55(79)36(10)57(39)90-56)66-48(76)28-42-38(12)89-65(87)54(34(7)8)72(16)50(78)30-70(14)61(83)46-20-18-24-74(46)63(85)52(32(3)4)68-59(42)81/h21-22,25-26,31-34,37-38,41-42,45-46,51-54H,17-20,23-24,27-30H2,1-16H3,(H,66,76)(H,67,80)(H,68,81). The molecule has 5 heterocycles. The minimum absolute atomic E-state index is 0.0563. The number of nitrogens with zero attached hydrogens (tertiary/aromatic N) is 6. The normalized spacial score (nSPS) is 26.3. The number of benzene rings is 2. The molecular weight excluding hydrogens is 1160 g/mol. The molecule has 4 fully saturated rings. The van der Waals surface area contributed by atoms with Crippen LogP contribution in [0.4, 0.5) is 5.69 Å². The molecule has 9 amide bonds. The highest BCUT2D eigenvalue weighted by Gasteiger charge is 2.46. The molecule has 0 saturated carbocycles. The number of amides is 9. The lowest BCUT2D eigenvalue weighted by Gasteiger charge is -2.36. The SMILES string of the molecule is Cc1c2oc3c(C)ccc(C(=O)CC4C(=O)NC(C(C)C)C(=O)N5CCCC5C(=O)N(C)CC(=O)N(C)C(C(C)C)C(=O)OC4C)c3cc-2cc(NC(=O)CC2C(=O)NC(C(C)C)C(=O)N3CCCC3C(=O)N(C)CC(=O)N(C)C(C(C)C)C(=O)OC2C)c1=O. The van der Waals surface area contributed by atoms with Crippen LogP contribution in [-0.4, -0.2) is 203 Å². The van der Waals surface area contributed by atoms with Gasteiger partial charge in [0.1, 0.15) is 59.8 Å². The molecule has 0 radical (unpaired) electrons. The molecule has 7 rings (SSSR count). The summed E-state index contributed by atoms with van der Waals surface area (Å²) in [5.74, 6) is -12.9. The van der Waals surface area contributed by atoms with Gasteiger partial charge in [-0.05, 0) is 94.7 Å². The fourth-order valence-electron chi connectivity index (χ4n) is 12.8. The van der Waals surface area contributed by atoms with Gasteiger partial charge in [0.2, 0.25) is 58.6 Å². The quantitative estimate of drug-likeness (QED) is 0.148. The van der Waals surface area contributed by atoms with E-state index in [1.54, 1.807) is 74.4 Å². The van der Waals surface area contributed by atoms with Crippen molar-refractivity contribution in [2.75, 3.05) is 59.7 Å². The lowest BCUT2D eigenvalue weighted by atomic mass is 9.89. The van der Waals surface area contributed by atoms with E-state index in [0.29, 0.717) is 31.2 Å². The molecule has 10 atom stereocenters. The third kappa shape index (κ3) is 14.5. The zero-order valence-electron chi connectivity index (χ0n) is 54.7. The van der Waals surface area contributed by atoms with Gasteiger partial charge in [0.05, 0.1) is 30.6 Å². The molecule has 5 aliphatic heterocycles. The first-order valence-electron chi connectivity index (χ1n) is 31.1. The number of aryl methyl sites for hydroxylation is 1. The number of fused-ring (bicyclic) bond motifs is 4. The van der Waals surface area contributed by atoms with Gasteiger partial charge in [-0.3, -0.25) is 52.7 Å². The Morgan fingerprint density at radius 1 is 0.600 bits per heavy atom. The van der Waals surface area contributed by atoms with Crippen LogP contribution in [0.15, 0.2) is 33.5 Å². The van der Waals surface area contributed by atoms with Crippen molar-refractivity contribution >= 4 is 87.5 Å². The molecule has 25 heteroatoms. The molecule has 10 unspecified atom stereocenters. The molecule has 0 spiro atoms. The van der Waals surface area contributed by atoms with Gasteiger partial charge in [-0.25, -0.2) is 9.59 Å². The van der Waals surface area contributed by atoms with Gasteiger partial charge in [-0.2, -0.15) is 0 Å². The van der Waals surface area contributed by atoms with Crippen molar-refractivity contribution < 1.29 is 71.4 Å². The molecule has 1 aromatic carbocycles. The van der Waals surface area contributed by atoms with Crippen molar-refractivity contribution in [3.05, 3.63) is 51.2 Å². The molecule has 0 bridgehead atoms. The van der Waals surface area contributed by atoms with Crippen LogP contribution >= 0.6 is 0 Å². The van der Waals surface area contributed by atoms with Crippen LogP contribution in [0.5, 0.6) is 0 Å². The van der Waals surface area contributed by atoms with Gasteiger partial charge >= 0.3 is 11.9 Å². The summed E-state index contributed by atoms with van der Waals surface area (Å²) in [6, 6.07) is -0.481. The monoisotopic (exact) mass is 1250 g/mol. The number of carbonyl (C=O) groups excluding carboxylic acids is 12. The van der Waals surface area contributed by atoms with Crippen LogP contribution in [0, 0.1) is 49.4 Å². The molecule has 1 aliphatic carbocycles. The van der Waals surface area contributed by atoms with Gasteiger partial charge < -0.3 is 59.2 Å². The van der Waals surface area contributed by atoms with Crippen molar-refractivity contribution in [3.8, 4) is 11.3 Å². The number of nitrogens with one attached hydrogen (secondary N) is 3. The lowest BCUT2D eigenvalue weighted by molar-refractivity contribution is -0.165. The minimum Gasteiger partial charge on any atom is -0.460 e. The number of anilines is 1. The first-order chi connectivity index (χ1) is 42.2. The van der Waals surface area contributed by atoms with Gasteiger partial charge in [0.15, 0.2) is 5.78 Å². The summed E-state index contributed by atoms with van der Waals surface area (Å²) in [6.07, 6.45) is -2.33. The summed E-state index contributed by atoms with van der Waals surface area (Å²) in [7, 11) is 5.72. The first kappa shape index (κ1) is 69.2. The second-order valence-electron chi connectivity index (χ2n) is 26.2. The Bertz CT molecular complexity index is 3370. The maximum Gasteiger partial charge on any atom is 0.329 e. The van der Waals surface area contributed by atoms with Gasteiger partial charge in [0, 0.05) is 76.2 Å². The molecular formula is C65H89N9O16. The van der Waals surface area contributed by atoms with Gasteiger partial charge in [0.25, 0.3) is 0 Å². The smallest absolute Gasteiger partial charge is 0.329 e. The van der Waals surface area contributed by atoms with Crippen molar-refractivity contribution in [2.24, 2.45) is 35.5 Å². The topological polar surface area (TPSA) is 309 Å². The molecule has 1 aromatic rings. The fraction of sp³-hybridized carbons (Fsp3) is 0.615. The average Bonchev–Trinajstić information content (AvgIpc) is 0.941. The second kappa shape index (κ2) is 28.3. The highest BCUT2D eigenvalue weighted by Crippen LogP contribution is 2.36. The third-order valence-electron chi connectivity index (χ3n) is 18.1. The summed E-state index contributed by atoms with van der Waals surface area (Å²) in [5.41, 5.74) is 0.208. The Morgan fingerprint density at radius 2 is 1.04 bits per heavy atom. The van der Waals surface area contributed by atoms with E-state index in [4.69, 9.17) is 13.9 Å². The van der Waals surface area contributed by atoms with E-state index in [1.807, 2.05) is 0 Å². The number of esters is 2. The van der Waals surface area contributed by atoms with Crippen LogP contribution in [0.25, 0.3) is 22.3 Å². The Labute approximate surface area is 524 Å². The largest absolute Gasteiger partial charge is 0.460 e. The van der Waals surface area contributed by atoms with Crippen molar-refractivity contribution in [3.63, 3.8) is 0 Å². The average molecular weight is 1250 g/mol. The van der Waals surface area contributed by atoms with E-state index in [1.165, 1.54) is 90.5 Å². The summed E-state index contributed by atoms with van der Waals surface area (Å²) in [4.78, 5) is 193. The first-order valence-corrected chi connectivity index (χ1v) is 31.1. The van der Waals surface area contributed by atoms with Crippen LogP contribution in [-0.2, 0) is 62.2 Å². The van der Waals surface area contributed by atoms with Crippen LogP contribution in [0.2, 0.25) is 0 Å². The van der Waals surface area contributed by atoms with E-state index in [-0.39, 0.29) is 58.7 Å². The van der Waals surface area contributed by atoms with Gasteiger partial charge in [-0.15, -0.1) is 0 Å². The number of hydrogen-bond donors (Lipinski definition) is 3. The zero-order valence-corrected chi connectivity index (χ0v) is 54.7. The molecule has 4 saturated heterocycles. The summed E-state index contributed by atoms with van der Waals surface area (Å²) in [5, 5.41) is 8.51. The number of cyclic esters (lactones) is 2. The number of Topliss-reactive ketones (excluding diaryl/α,β-unsaturated/α-hetero) is 1. The molecule has 0 aromatic heterocycles. The number of hydrogen-bond acceptors (Lipinski definition) is 16. The zero-order chi connectivity index (χ0) is 66.8. The lowest BCUT2D eigenvalue weighted by Crippen LogP contribution is -2.58. The number of ether oxygens (including phenoxy) is 2. The van der Waals surface area contributed by atoms with Crippen molar-refractivity contribution in [2.45, 2.75) is 170 Å². The van der Waals surface area contributed by atoms with Crippen LogP contribution < -0.4 is 21.4 Å². The van der Waals surface area contributed by atoms with E-state index in [9.17, 15) is 57.5 Å². The van der Waals surface area contributed by atoms with Crippen molar-refractivity contribution in [1.82, 2.24) is 40.0 Å². The van der Waals surface area contributed by atoms with E-state index in [2.05, 4.69) is 16.0 Å². The van der Waals surface area contributed by atoms with Gasteiger partial charge in [-0.1, -0.05) is 67.5 Å². The second-order valence-corrected chi connectivity index (χ2v) is 26.2. The number of rotatable bonds is 10. The molecule has 90 heavy (non-hydrogen) atoms. The molecule has 25 nitrogen and oxygen atoms in total.